The summed E-state index contributed by atoms with van der Waals surface area (Å²) in [5, 5.41) is 3.14. The van der Waals surface area contributed by atoms with Gasteiger partial charge in [0, 0.05) is 24.9 Å². The SMILES string of the molecule is COCCOc1cc(N[C@H]2CC(=O)N(C3CC3)C2=O)ccc1OC. The van der Waals surface area contributed by atoms with Crippen molar-refractivity contribution in [2.24, 2.45) is 0 Å². The summed E-state index contributed by atoms with van der Waals surface area (Å²) in [6.07, 6.45) is 2.04. The van der Waals surface area contributed by atoms with Crippen LogP contribution < -0.4 is 14.8 Å². The van der Waals surface area contributed by atoms with Crippen molar-refractivity contribution in [3.63, 3.8) is 0 Å². The number of nitrogens with zero attached hydrogens (tertiary/aromatic N) is 1. The first kappa shape index (κ1) is 16.6. The zero-order valence-electron chi connectivity index (χ0n) is 13.9. The zero-order valence-corrected chi connectivity index (χ0v) is 13.9. The van der Waals surface area contributed by atoms with Crippen molar-refractivity contribution in [3.8, 4) is 11.5 Å². The molecule has 1 saturated carbocycles. The van der Waals surface area contributed by atoms with Gasteiger partial charge in [0.25, 0.3) is 5.91 Å². The molecule has 2 amide bonds. The maximum atomic E-state index is 12.4. The molecule has 0 radical (unpaired) electrons. The van der Waals surface area contributed by atoms with E-state index in [-0.39, 0.29) is 24.3 Å². The fourth-order valence-electron chi connectivity index (χ4n) is 2.80. The van der Waals surface area contributed by atoms with Crippen LogP contribution in [0, 0.1) is 0 Å². The van der Waals surface area contributed by atoms with Crippen LogP contribution in [0.1, 0.15) is 19.3 Å². The standard InChI is InChI=1S/C17H22N2O5/c1-22-7-8-24-15-9-11(3-6-14(15)23-2)18-13-10-16(20)19(17(13)21)12-4-5-12/h3,6,9,12-13,18H,4-5,7-8,10H2,1-2H3/t13-/m0/s1. The molecule has 1 atom stereocenters. The number of amides is 2. The van der Waals surface area contributed by atoms with Crippen LogP contribution in [-0.4, -0.2) is 56.2 Å². The highest BCUT2D eigenvalue weighted by Crippen LogP contribution is 2.34. The van der Waals surface area contributed by atoms with Gasteiger partial charge in [0.15, 0.2) is 11.5 Å². The van der Waals surface area contributed by atoms with Gasteiger partial charge in [0.1, 0.15) is 12.6 Å². The Morgan fingerprint density at radius 1 is 1.17 bits per heavy atom. The van der Waals surface area contributed by atoms with E-state index in [0.29, 0.717) is 30.4 Å². The first-order chi connectivity index (χ1) is 11.6. The van der Waals surface area contributed by atoms with E-state index >= 15 is 0 Å². The topological polar surface area (TPSA) is 77.1 Å². The second-order valence-corrected chi connectivity index (χ2v) is 5.94. The van der Waals surface area contributed by atoms with Crippen LogP contribution >= 0.6 is 0 Å². The highest BCUT2D eigenvalue weighted by Gasteiger charge is 2.46. The highest BCUT2D eigenvalue weighted by molar-refractivity contribution is 6.07. The molecule has 1 aliphatic heterocycles. The molecule has 1 heterocycles. The van der Waals surface area contributed by atoms with Gasteiger partial charge in [-0.2, -0.15) is 0 Å². The van der Waals surface area contributed by atoms with Crippen molar-refractivity contribution in [1.82, 2.24) is 4.90 Å². The summed E-state index contributed by atoms with van der Waals surface area (Å²) < 4.78 is 15.9. The van der Waals surface area contributed by atoms with Crippen molar-refractivity contribution in [1.29, 1.82) is 0 Å². The number of nitrogens with one attached hydrogen (secondary N) is 1. The molecule has 7 heteroatoms. The summed E-state index contributed by atoms with van der Waals surface area (Å²) in [7, 11) is 3.17. The largest absolute Gasteiger partial charge is 0.493 e. The van der Waals surface area contributed by atoms with Crippen LogP contribution in [0.5, 0.6) is 11.5 Å². The van der Waals surface area contributed by atoms with Gasteiger partial charge in [0.2, 0.25) is 5.91 Å². The van der Waals surface area contributed by atoms with E-state index in [9.17, 15) is 9.59 Å². The van der Waals surface area contributed by atoms with E-state index in [1.807, 2.05) is 0 Å². The van der Waals surface area contributed by atoms with Gasteiger partial charge >= 0.3 is 0 Å². The van der Waals surface area contributed by atoms with Crippen molar-refractivity contribution in [2.75, 3.05) is 32.8 Å². The number of ether oxygens (including phenoxy) is 3. The number of carbonyl (C=O) groups excluding carboxylic acids is 2. The van der Waals surface area contributed by atoms with E-state index in [2.05, 4.69) is 5.32 Å². The third kappa shape index (κ3) is 3.46. The summed E-state index contributed by atoms with van der Waals surface area (Å²) in [5.41, 5.74) is 0.715. The molecule has 0 aromatic heterocycles. The molecule has 0 unspecified atom stereocenters. The van der Waals surface area contributed by atoms with Gasteiger partial charge in [-0.15, -0.1) is 0 Å². The Balaban J connectivity index is 1.69. The molecule has 1 saturated heterocycles. The van der Waals surface area contributed by atoms with Crippen LogP contribution in [0.2, 0.25) is 0 Å². The van der Waals surface area contributed by atoms with E-state index < -0.39 is 6.04 Å². The summed E-state index contributed by atoms with van der Waals surface area (Å²) >= 11 is 0. The summed E-state index contributed by atoms with van der Waals surface area (Å²) in [4.78, 5) is 25.8. The van der Waals surface area contributed by atoms with E-state index in [1.165, 1.54) is 4.90 Å². The van der Waals surface area contributed by atoms with Crippen LogP contribution in [0.25, 0.3) is 0 Å². The Bertz CT molecular complexity index is 629. The number of imide groups is 1. The monoisotopic (exact) mass is 334 g/mol. The zero-order chi connectivity index (χ0) is 17.1. The summed E-state index contributed by atoms with van der Waals surface area (Å²) in [5.74, 6) is 0.936. The number of rotatable bonds is 8. The average molecular weight is 334 g/mol. The normalized spacial score (nSPS) is 20.4. The predicted octanol–water partition coefficient (Wildman–Crippen LogP) is 1.42. The van der Waals surface area contributed by atoms with Crippen LogP contribution in [-0.2, 0) is 14.3 Å². The first-order valence-corrected chi connectivity index (χ1v) is 8.06. The van der Waals surface area contributed by atoms with Gasteiger partial charge < -0.3 is 19.5 Å². The quantitative estimate of drug-likeness (QED) is 0.572. The van der Waals surface area contributed by atoms with E-state index in [1.54, 1.807) is 32.4 Å². The Labute approximate surface area is 140 Å². The molecule has 1 aromatic carbocycles. The Hall–Kier alpha value is -2.28. The molecule has 1 aromatic rings. The molecule has 3 rings (SSSR count). The molecule has 0 spiro atoms. The molecule has 130 valence electrons. The maximum Gasteiger partial charge on any atom is 0.252 e. The minimum absolute atomic E-state index is 0.0925. The average Bonchev–Trinajstić information content (AvgIpc) is 3.35. The molecule has 1 N–H and O–H groups in total. The lowest BCUT2D eigenvalue weighted by Crippen LogP contribution is -2.36. The summed E-state index contributed by atoms with van der Waals surface area (Å²) in [6.45, 7) is 0.861. The third-order valence-electron chi connectivity index (χ3n) is 4.14. The van der Waals surface area contributed by atoms with Crippen molar-refractivity contribution in [2.45, 2.75) is 31.3 Å². The van der Waals surface area contributed by atoms with Crippen molar-refractivity contribution < 1.29 is 23.8 Å². The number of hydrogen-bond acceptors (Lipinski definition) is 6. The lowest BCUT2D eigenvalue weighted by Gasteiger charge is -2.17. The Kier molecular flexibility index (Phi) is 4.89. The lowest BCUT2D eigenvalue weighted by molar-refractivity contribution is -0.139. The van der Waals surface area contributed by atoms with Gasteiger partial charge in [0.05, 0.1) is 20.1 Å². The number of carbonyl (C=O) groups is 2. The van der Waals surface area contributed by atoms with Crippen molar-refractivity contribution in [3.05, 3.63) is 18.2 Å². The van der Waals surface area contributed by atoms with Gasteiger partial charge in [-0.3, -0.25) is 14.5 Å². The fraction of sp³-hybridized carbons (Fsp3) is 0.529. The van der Waals surface area contributed by atoms with Crippen LogP contribution in [0.3, 0.4) is 0 Å². The second-order valence-electron chi connectivity index (χ2n) is 5.94. The van der Waals surface area contributed by atoms with Gasteiger partial charge in [-0.1, -0.05) is 0 Å². The maximum absolute atomic E-state index is 12.4. The predicted molar refractivity (Wildman–Crippen MR) is 87.3 cm³/mol. The lowest BCUT2D eigenvalue weighted by atomic mass is 10.2. The van der Waals surface area contributed by atoms with Gasteiger partial charge in [-0.05, 0) is 25.0 Å². The number of anilines is 1. The molecule has 1 aliphatic carbocycles. The molecule has 0 bridgehead atoms. The number of benzene rings is 1. The smallest absolute Gasteiger partial charge is 0.252 e. The second kappa shape index (κ2) is 7.09. The Morgan fingerprint density at radius 3 is 2.62 bits per heavy atom. The van der Waals surface area contributed by atoms with Crippen LogP contribution in [0.15, 0.2) is 18.2 Å². The van der Waals surface area contributed by atoms with Crippen LogP contribution in [0.4, 0.5) is 5.69 Å². The third-order valence-corrected chi connectivity index (χ3v) is 4.14. The molecular formula is C17H22N2O5. The summed E-state index contributed by atoms with van der Waals surface area (Å²) in [6, 6.07) is 4.94. The molecule has 2 aliphatic rings. The number of methoxy groups -OCH3 is 2. The first-order valence-electron chi connectivity index (χ1n) is 8.06. The molecule has 24 heavy (non-hydrogen) atoms. The number of hydrogen-bond donors (Lipinski definition) is 1. The molecule has 7 nitrogen and oxygen atoms in total. The number of likely N-dealkylation sites (tertiary alicyclic amines) is 1. The minimum Gasteiger partial charge on any atom is -0.493 e. The van der Waals surface area contributed by atoms with E-state index in [0.717, 1.165) is 12.8 Å². The molecular weight excluding hydrogens is 312 g/mol. The van der Waals surface area contributed by atoms with E-state index in [4.69, 9.17) is 14.2 Å². The van der Waals surface area contributed by atoms with Crippen molar-refractivity contribution >= 4 is 17.5 Å². The minimum atomic E-state index is -0.515. The highest BCUT2D eigenvalue weighted by atomic mass is 16.5. The fourth-order valence-corrected chi connectivity index (χ4v) is 2.80. The molecule has 2 fully saturated rings. The Morgan fingerprint density at radius 2 is 1.96 bits per heavy atom. The van der Waals surface area contributed by atoms with Gasteiger partial charge in [-0.25, -0.2) is 0 Å².